The lowest BCUT2D eigenvalue weighted by Gasteiger charge is -2.12. The molecule has 162 valence electrons. The number of rotatable bonds is 10. The highest BCUT2D eigenvalue weighted by Crippen LogP contribution is 2.29. The van der Waals surface area contributed by atoms with Gasteiger partial charge in [-0.15, -0.1) is 0 Å². The van der Waals surface area contributed by atoms with Crippen molar-refractivity contribution in [3.63, 3.8) is 0 Å². The van der Waals surface area contributed by atoms with Crippen LogP contribution in [0.25, 0.3) is 0 Å². The van der Waals surface area contributed by atoms with Gasteiger partial charge in [0.25, 0.3) is 15.7 Å². The number of sulfonamides is 1. The minimum absolute atomic E-state index is 0.0142. The molecule has 0 amide bonds. The third-order valence-electron chi connectivity index (χ3n) is 4.37. The molecule has 0 bridgehead atoms. The van der Waals surface area contributed by atoms with Gasteiger partial charge in [0.05, 0.1) is 15.5 Å². The molecule has 3 aromatic rings. The molecule has 0 spiro atoms. The van der Waals surface area contributed by atoms with Crippen LogP contribution in [-0.4, -0.2) is 19.9 Å². The van der Waals surface area contributed by atoms with Gasteiger partial charge in [-0.25, -0.2) is 8.42 Å². The molecule has 0 aliphatic carbocycles. The number of hydrogen-bond donors (Lipinski definition) is 2. The third kappa shape index (κ3) is 6.03. The van der Waals surface area contributed by atoms with Crippen LogP contribution in [0, 0.1) is 10.1 Å². The van der Waals surface area contributed by atoms with Crippen molar-refractivity contribution in [2.75, 3.05) is 11.3 Å². The highest BCUT2D eigenvalue weighted by Gasteiger charge is 2.16. The van der Waals surface area contributed by atoms with Crippen molar-refractivity contribution in [3.8, 4) is 11.5 Å². The Bertz CT molecular complexity index is 1150. The molecule has 2 N–H and O–H groups in total. The molecule has 0 atom stereocenters. The average Bonchev–Trinajstić information content (AvgIpc) is 2.74. The molecule has 0 saturated heterocycles. The highest BCUT2D eigenvalue weighted by atomic mass is 32.2. The zero-order chi connectivity index (χ0) is 22.3. The van der Waals surface area contributed by atoms with Crippen LogP contribution in [0.4, 0.5) is 11.4 Å². The lowest BCUT2D eigenvalue weighted by atomic mass is 10.1. The number of nitrogens with zero attached hydrogens (tertiary/aromatic N) is 1. The fourth-order valence-corrected chi connectivity index (χ4v) is 3.99. The number of benzene rings is 3. The first-order valence-electron chi connectivity index (χ1n) is 9.73. The van der Waals surface area contributed by atoms with E-state index < -0.39 is 14.9 Å². The zero-order valence-corrected chi connectivity index (χ0v) is 17.8. The van der Waals surface area contributed by atoms with Gasteiger partial charge in [-0.1, -0.05) is 31.2 Å². The number of nitro benzene ring substituents is 1. The maximum Gasteiger partial charge on any atom is 0.274 e. The SMILES string of the molecule is CCCNCc1cc(Oc2cccc(NS(=O)(=O)c3ccccc3)c2)ccc1[N+](=O)[O-]. The molecule has 0 aliphatic heterocycles. The molecule has 31 heavy (non-hydrogen) atoms. The molecule has 9 heteroatoms. The smallest absolute Gasteiger partial charge is 0.274 e. The highest BCUT2D eigenvalue weighted by molar-refractivity contribution is 7.92. The largest absolute Gasteiger partial charge is 0.457 e. The van der Waals surface area contributed by atoms with Crippen LogP contribution in [0.2, 0.25) is 0 Å². The Labute approximate surface area is 181 Å². The Hall–Kier alpha value is -3.43. The Kier molecular flexibility index (Phi) is 7.22. The van der Waals surface area contributed by atoms with Gasteiger partial charge in [0.2, 0.25) is 0 Å². The second-order valence-corrected chi connectivity index (χ2v) is 8.46. The summed E-state index contributed by atoms with van der Waals surface area (Å²) in [5.74, 6) is 0.816. The Balaban J connectivity index is 1.79. The molecule has 3 rings (SSSR count). The van der Waals surface area contributed by atoms with Gasteiger partial charge >= 0.3 is 0 Å². The van der Waals surface area contributed by atoms with E-state index in [4.69, 9.17) is 4.74 Å². The van der Waals surface area contributed by atoms with Crippen LogP contribution < -0.4 is 14.8 Å². The topological polar surface area (TPSA) is 111 Å². The van der Waals surface area contributed by atoms with Crippen LogP contribution in [0.15, 0.2) is 77.7 Å². The van der Waals surface area contributed by atoms with Crippen molar-refractivity contribution in [3.05, 3.63) is 88.5 Å². The Morgan fingerprint density at radius 2 is 1.71 bits per heavy atom. The van der Waals surface area contributed by atoms with E-state index in [1.165, 1.54) is 24.3 Å². The summed E-state index contributed by atoms with van der Waals surface area (Å²) in [7, 11) is -3.73. The minimum Gasteiger partial charge on any atom is -0.457 e. The molecule has 0 unspecified atom stereocenters. The van der Waals surface area contributed by atoms with Gasteiger partial charge < -0.3 is 10.1 Å². The number of nitrogens with one attached hydrogen (secondary N) is 2. The third-order valence-corrected chi connectivity index (χ3v) is 5.76. The molecule has 0 fully saturated rings. The second-order valence-electron chi connectivity index (χ2n) is 6.77. The average molecular weight is 442 g/mol. The van der Waals surface area contributed by atoms with Gasteiger partial charge in [-0.05, 0) is 49.4 Å². The van der Waals surface area contributed by atoms with Crippen molar-refractivity contribution in [2.24, 2.45) is 0 Å². The van der Waals surface area contributed by atoms with Gasteiger partial charge in [-0.2, -0.15) is 0 Å². The van der Waals surface area contributed by atoms with Crippen LogP contribution in [-0.2, 0) is 16.6 Å². The summed E-state index contributed by atoms with van der Waals surface area (Å²) in [6.07, 6.45) is 0.912. The maximum absolute atomic E-state index is 12.5. The van der Waals surface area contributed by atoms with Gasteiger partial charge in [0, 0.05) is 24.2 Å². The Morgan fingerprint density at radius 3 is 2.42 bits per heavy atom. The molecule has 3 aromatic carbocycles. The quantitative estimate of drug-likeness (QED) is 0.268. The summed E-state index contributed by atoms with van der Waals surface area (Å²) < 4.78 is 33.4. The van der Waals surface area contributed by atoms with E-state index in [-0.39, 0.29) is 10.6 Å². The van der Waals surface area contributed by atoms with Crippen molar-refractivity contribution in [2.45, 2.75) is 24.8 Å². The van der Waals surface area contributed by atoms with Crippen LogP contribution in [0.1, 0.15) is 18.9 Å². The standard InChI is InChI=1S/C22H23N3O5S/c1-2-13-23-16-17-14-20(11-12-22(17)25(26)27)30-19-8-6-7-18(15-19)24-31(28,29)21-9-4-3-5-10-21/h3-12,14-15,23-24H,2,13,16H2,1H3. The van der Waals surface area contributed by atoms with Gasteiger partial charge in [0.1, 0.15) is 11.5 Å². The molecular weight excluding hydrogens is 418 g/mol. The minimum atomic E-state index is -3.73. The molecular formula is C22H23N3O5S. The number of ether oxygens (including phenoxy) is 1. The van der Waals surface area contributed by atoms with E-state index in [9.17, 15) is 18.5 Å². The zero-order valence-electron chi connectivity index (χ0n) is 16.9. The molecule has 0 radical (unpaired) electrons. The van der Waals surface area contributed by atoms with Crippen LogP contribution >= 0.6 is 0 Å². The van der Waals surface area contributed by atoms with E-state index >= 15 is 0 Å². The Morgan fingerprint density at radius 1 is 0.968 bits per heavy atom. The number of hydrogen-bond acceptors (Lipinski definition) is 6. The van der Waals surface area contributed by atoms with E-state index in [2.05, 4.69) is 10.0 Å². The molecule has 8 nitrogen and oxygen atoms in total. The number of nitro groups is 1. The molecule has 0 saturated carbocycles. The normalized spacial score (nSPS) is 11.1. The van der Waals surface area contributed by atoms with E-state index in [1.54, 1.807) is 48.5 Å². The first-order valence-corrected chi connectivity index (χ1v) is 11.2. The first-order chi connectivity index (χ1) is 14.9. The van der Waals surface area contributed by atoms with Crippen molar-refractivity contribution in [1.29, 1.82) is 0 Å². The second kappa shape index (κ2) is 10.1. The molecule has 0 aromatic heterocycles. The van der Waals surface area contributed by atoms with Crippen molar-refractivity contribution >= 4 is 21.4 Å². The van der Waals surface area contributed by atoms with Crippen molar-refractivity contribution < 1.29 is 18.1 Å². The lowest BCUT2D eigenvalue weighted by Crippen LogP contribution is -2.15. The predicted octanol–water partition coefficient (Wildman–Crippen LogP) is 4.69. The van der Waals surface area contributed by atoms with E-state index in [0.29, 0.717) is 29.3 Å². The van der Waals surface area contributed by atoms with Gasteiger partial charge in [-0.3, -0.25) is 14.8 Å². The van der Waals surface area contributed by atoms with E-state index in [0.717, 1.165) is 13.0 Å². The fourth-order valence-electron chi connectivity index (χ4n) is 2.92. The number of anilines is 1. The maximum atomic E-state index is 12.5. The predicted molar refractivity (Wildman–Crippen MR) is 119 cm³/mol. The fraction of sp³-hybridized carbons (Fsp3) is 0.182. The summed E-state index contributed by atoms with van der Waals surface area (Å²) in [5, 5.41) is 14.4. The first kappa shape index (κ1) is 22.3. The van der Waals surface area contributed by atoms with Crippen LogP contribution in [0.5, 0.6) is 11.5 Å². The molecule has 0 heterocycles. The van der Waals surface area contributed by atoms with Crippen LogP contribution in [0.3, 0.4) is 0 Å². The summed E-state index contributed by atoms with van der Waals surface area (Å²) in [4.78, 5) is 11.0. The summed E-state index contributed by atoms with van der Waals surface area (Å²) in [5.41, 5.74) is 0.866. The lowest BCUT2D eigenvalue weighted by molar-refractivity contribution is -0.385. The van der Waals surface area contributed by atoms with E-state index in [1.807, 2.05) is 6.92 Å². The molecule has 0 aliphatic rings. The summed E-state index contributed by atoms with van der Waals surface area (Å²) >= 11 is 0. The summed E-state index contributed by atoms with van der Waals surface area (Å²) in [6.45, 7) is 3.10. The van der Waals surface area contributed by atoms with Crippen molar-refractivity contribution in [1.82, 2.24) is 5.32 Å². The monoisotopic (exact) mass is 441 g/mol. The van der Waals surface area contributed by atoms with Gasteiger partial charge in [0.15, 0.2) is 0 Å². The summed E-state index contributed by atoms with van der Waals surface area (Å²) in [6, 6.07) is 19.1.